The third kappa shape index (κ3) is 4.05. The number of hydrogen-bond acceptors (Lipinski definition) is 6. The van der Waals surface area contributed by atoms with Crippen molar-refractivity contribution in [2.24, 2.45) is 14.1 Å². The molecule has 0 N–H and O–H groups in total. The van der Waals surface area contributed by atoms with Crippen molar-refractivity contribution in [3.8, 4) is 0 Å². The number of furan rings is 1. The third-order valence-electron chi connectivity index (χ3n) is 5.31. The molecule has 0 atom stereocenters. The van der Waals surface area contributed by atoms with Crippen LogP contribution in [0.15, 0.2) is 74.8 Å². The number of carbonyl (C=O) groups excluding carboxylic acids is 1. The number of benzene rings is 2. The van der Waals surface area contributed by atoms with E-state index in [-0.39, 0.29) is 35.3 Å². The normalized spacial score (nSPS) is 11.6. The number of fused-ring (bicyclic) bond motifs is 1. The molecule has 4 aromatic rings. The summed E-state index contributed by atoms with van der Waals surface area (Å²) in [5.74, 6) is -0.343. The minimum absolute atomic E-state index is 0.00188. The Morgan fingerprint density at radius 3 is 2.39 bits per heavy atom. The zero-order valence-corrected chi connectivity index (χ0v) is 19.2. The maximum atomic E-state index is 13.7. The summed E-state index contributed by atoms with van der Waals surface area (Å²) in [5, 5.41) is 0. The number of nitrogens with zero attached hydrogens (tertiary/aromatic N) is 3. The van der Waals surface area contributed by atoms with Gasteiger partial charge in [0.1, 0.15) is 5.76 Å². The van der Waals surface area contributed by atoms with Gasteiger partial charge in [0.25, 0.3) is 10.0 Å². The van der Waals surface area contributed by atoms with Crippen LogP contribution in [0.1, 0.15) is 23.2 Å². The molecule has 0 saturated heterocycles. The first-order valence-electron chi connectivity index (χ1n) is 10.2. The van der Waals surface area contributed by atoms with Gasteiger partial charge < -0.3 is 9.15 Å². The molecule has 0 fully saturated rings. The predicted molar refractivity (Wildman–Crippen MR) is 123 cm³/mol. The summed E-state index contributed by atoms with van der Waals surface area (Å²) in [7, 11) is -0.828. The van der Waals surface area contributed by atoms with Crippen LogP contribution in [0.2, 0.25) is 0 Å². The van der Waals surface area contributed by atoms with Gasteiger partial charge in [0.15, 0.2) is 0 Å². The van der Waals surface area contributed by atoms with Gasteiger partial charge in [-0.15, -0.1) is 0 Å². The largest absolute Gasteiger partial charge is 0.460 e. The van der Waals surface area contributed by atoms with Crippen LogP contribution in [-0.2, 0) is 35.4 Å². The van der Waals surface area contributed by atoms with Crippen molar-refractivity contribution in [1.82, 2.24) is 9.13 Å². The third-order valence-corrected chi connectivity index (χ3v) is 7.08. The molecule has 0 spiro atoms. The summed E-state index contributed by atoms with van der Waals surface area (Å²) in [6.45, 7) is 1.74. The van der Waals surface area contributed by atoms with Gasteiger partial charge in [-0.25, -0.2) is 18.0 Å². The molecule has 2 heterocycles. The van der Waals surface area contributed by atoms with Crippen molar-refractivity contribution < 1.29 is 22.4 Å². The molecule has 9 nitrogen and oxygen atoms in total. The lowest BCUT2D eigenvalue weighted by Crippen LogP contribution is -2.30. The van der Waals surface area contributed by atoms with Crippen molar-refractivity contribution >= 4 is 32.7 Å². The SMILES string of the molecule is CCOC(=O)c1ccc(CN(c2ccccc2)S(=O)(=O)c2ccc3c(c2)n(C)c(=O)n3C)o1. The minimum atomic E-state index is -4.05. The number of aromatic nitrogens is 2. The predicted octanol–water partition coefficient (Wildman–Crippen LogP) is 3.04. The van der Waals surface area contributed by atoms with E-state index in [4.69, 9.17) is 9.15 Å². The molecule has 0 aliphatic heterocycles. The monoisotopic (exact) mass is 469 g/mol. The highest BCUT2D eigenvalue weighted by atomic mass is 32.2. The highest BCUT2D eigenvalue weighted by Gasteiger charge is 2.28. The summed E-state index contributed by atoms with van der Waals surface area (Å²) in [6, 6.07) is 16.1. The number of para-hydroxylation sites is 1. The van der Waals surface area contributed by atoms with Crippen molar-refractivity contribution in [3.05, 3.63) is 82.7 Å². The van der Waals surface area contributed by atoms with Crippen LogP contribution in [0.25, 0.3) is 11.0 Å². The lowest BCUT2D eigenvalue weighted by atomic mass is 10.3. The number of esters is 1. The van der Waals surface area contributed by atoms with Crippen LogP contribution in [0.5, 0.6) is 0 Å². The Labute approximate surface area is 190 Å². The van der Waals surface area contributed by atoms with E-state index in [0.29, 0.717) is 16.7 Å². The van der Waals surface area contributed by atoms with E-state index in [1.165, 1.54) is 31.6 Å². The maximum Gasteiger partial charge on any atom is 0.374 e. The molecule has 0 bridgehead atoms. The van der Waals surface area contributed by atoms with Gasteiger partial charge in [0.2, 0.25) is 5.76 Å². The molecule has 33 heavy (non-hydrogen) atoms. The minimum Gasteiger partial charge on any atom is -0.460 e. The van der Waals surface area contributed by atoms with Gasteiger partial charge in [0, 0.05) is 14.1 Å². The molecular formula is C23H23N3O6S. The van der Waals surface area contributed by atoms with Gasteiger partial charge in [-0.05, 0) is 49.4 Å². The molecule has 0 unspecified atom stereocenters. The number of anilines is 1. The molecule has 0 aliphatic carbocycles. The highest BCUT2D eigenvalue weighted by molar-refractivity contribution is 7.92. The summed E-state index contributed by atoms with van der Waals surface area (Å²) >= 11 is 0. The molecule has 4 rings (SSSR count). The Morgan fingerprint density at radius 2 is 1.70 bits per heavy atom. The van der Waals surface area contributed by atoms with Crippen LogP contribution >= 0.6 is 0 Å². The van der Waals surface area contributed by atoms with Gasteiger partial charge in [-0.1, -0.05) is 18.2 Å². The van der Waals surface area contributed by atoms with Crippen molar-refractivity contribution in [3.63, 3.8) is 0 Å². The average molecular weight is 470 g/mol. The zero-order valence-electron chi connectivity index (χ0n) is 18.4. The number of carbonyl (C=O) groups is 1. The summed E-state index contributed by atoms with van der Waals surface area (Å²) in [5.41, 5.74) is 1.30. The van der Waals surface area contributed by atoms with E-state index in [0.717, 1.165) is 0 Å². The van der Waals surface area contributed by atoms with Gasteiger partial charge >= 0.3 is 11.7 Å². The fourth-order valence-electron chi connectivity index (χ4n) is 3.60. The van der Waals surface area contributed by atoms with E-state index in [1.807, 2.05) is 0 Å². The van der Waals surface area contributed by atoms with E-state index in [9.17, 15) is 18.0 Å². The van der Waals surface area contributed by atoms with E-state index in [1.54, 1.807) is 63.5 Å². The van der Waals surface area contributed by atoms with Gasteiger partial charge in [-0.3, -0.25) is 13.4 Å². The number of ether oxygens (including phenoxy) is 1. The molecule has 0 aliphatic rings. The first-order valence-corrected chi connectivity index (χ1v) is 11.7. The van der Waals surface area contributed by atoms with Crippen LogP contribution in [0.3, 0.4) is 0 Å². The molecule has 2 aromatic carbocycles. The molecule has 2 aromatic heterocycles. The van der Waals surface area contributed by atoms with E-state index >= 15 is 0 Å². The van der Waals surface area contributed by atoms with Crippen molar-refractivity contribution in [2.75, 3.05) is 10.9 Å². The van der Waals surface area contributed by atoms with Crippen LogP contribution in [0, 0.1) is 0 Å². The number of rotatable bonds is 7. The molecular weight excluding hydrogens is 446 g/mol. The van der Waals surface area contributed by atoms with Gasteiger partial charge in [-0.2, -0.15) is 0 Å². The average Bonchev–Trinajstić information content (AvgIpc) is 3.37. The number of aryl methyl sites for hydroxylation is 2. The fourth-order valence-corrected chi connectivity index (χ4v) is 5.05. The summed E-state index contributed by atoms with van der Waals surface area (Å²) in [6.07, 6.45) is 0. The molecule has 10 heteroatoms. The standard InChI is InChI=1S/C23H23N3O6S/c1-4-31-22(27)21-13-10-17(32-21)15-26(16-8-6-5-7-9-16)33(29,30)18-11-12-19-20(14-18)25(3)23(28)24(19)2/h5-14H,4,15H2,1-3H3. The smallest absolute Gasteiger partial charge is 0.374 e. The lowest BCUT2D eigenvalue weighted by molar-refractivity contribution is 0.0488. The van der Waals surface area contributed by atoms with Crippen LogP contribution < -0.4 is 9.99 Å². The molecule has 0 radical (unpaired) electrons. The number of imidazole rings is 1. The van der Waals surface area contributed by atoms with Gasteiger partial charge in [0.05, 0.1) is 34.8 Å². The zero-order chi connectivity index (χ0) is 23.8. The Kier molecular flexibility index (Phi) is 5.86. The molecule has 0 amide bonds. The number of sulfonamides is 1. The molecule has 0 saturated carbocycles. The van der Waals surface area contributed by atoms with Crippen LogP contribution in [0.4, 0.5) is 5.69 Å². The second-order valence-electron chi connectivity index (χ2n) is 7.38. The lowest BCUT2D eigenvalue weighted by Gasteiger charge is -2.23. The quantitative estimate of drug-likeness (QED) is 0.386. The second kappa shape index (κ2) is 8.62. The highest BCUT2D eigenvalue weighted by Crippen LogP contribution is 2.28. The summed E-state index contributed by atoms with van der Waals surface area (Å²) in [4.78, 5) is 24.2. The first kappa shape index (κ1) is 22.4. The van der Waals surface area contributed by atoms with Crippen molar-refractivity contribution in [1.29, 1.82) is 0 Å². The van der Waals surface area contributed by atoms with E-state index < -0.39 is 16.0 Å². The maximum absolute atomic E-state index is 13.7. The van der Waals surface area contributed by atoms with Crippen molar-refractivity contribution in [2.45, 2.75) is 18.4 Å². The Balaban J connectivity index is 1.78. The Morgan fingerprint density at radius 1 is 1.00 bits per heavy atom. The second-order valence-corrected chi connectivity index (χ2v) is 9.25. The topological polar surface area (TPSA) is 104 Å². The number of hydrogen-bond donors (Lipinski definition) is 0. The van der Waals surface area contributed by atoms with Crippen LogP contribution in [-0.4, -0.2) is 30.1 Å². The Hall–Kier alpha value is -3.79. The first-order chi connectivity index (χ1) is 15.7. The van der Waals surface area contributed by atoms with E-state index in [2.05, 4.69) is 0 Å². The summed E-state index contributed by atoms with van der Waals surface area (Å²) < 4.78 is 42.0. The Bertz CT molecular complexity index is 1480. The fraction of sp³-hybridized carbons (Fsp3) is 0.217. The molecule has 172 valence electrons.